The number of hydrogen-bond donors (Lipinski definition) is 1. The molecule has 0 unspecified atom stereocenters. The molecular formula is C29H25NO3. The van der Waals surface area contributed by atoms with Crippen molar-refractivity contribution in [1.29, 1.82) is 0 Å². The average Bonchev–Trinajstić information content (AvgIpc) is 2.89. The van der Waals surface area contributed by atoms with E-state index in [1.165, 1.54) is 7.11 Å². The minimum absolute atomic E-state index is 0.122. The van der Waals surface area contributed by atoms with Crippen molar-refractivity contribution in [3.05, 3.63) is 143 Å². The number of benzene rings is 4. The third kappa shape index (κ3) is 4.41. The molecule has 0 fully saturated rings. The minimum Gasteiger partial charge on any atom is -0.465 e. The summed E-state index contributed by atoms with van der Waals surface area (Å²) in [6, 6.07) is 36.6. The van der Waals surface area contributed by atoms with E-state index in [-0.39, 0.29) is 11.9 Å². The predicted octanol–water partition coefficient (Wildman–Crippen LogP) is 5.12. The van der Waals surface area contributed by atoms with E-state index in [0.29, 0.717) is 12.1 Å². The van der Waals surface area contributed by atoms with Crippen LogP contribution in [0, 0.1) is 0 Å². The molecule has 4 rings (SSSR count). The van der Waals surface area contributed by atoms with Crippen molar-refractivity contribution in [3.63, 3.8) is 0 Å². The fourth-order valence-electron chi connectivity index (χ4n) is 4.15. The fraction of sp³-hybridized carbons (Fsp3) is 0.103. The van der Waals surface area contributed by atoms with Crippen LogP contribution >= 0.6 is 0 Å². The molecular weight excluding hydrogens is 410 g/mol. The van der Waals surface area contributed by atoms with E-state index in [9.17, 15) is 9.59 Å². The number of ether oxygens (including phenoxy) is 1. The Morgan fingerprint density at radius 2 is 1.09 bits per heavy atom. The number of amides is 1. The van der Waals surface area contributed by atoms with Crippen LogP contribution in [0.15, 0.2) is 115 Å². The molecule has 0 aliphatic carbocycles. The van der Waals surface area contributed by atoms with Crippen LogP contribution in [-0.2, 0) is 21.5 Å². The summed E-state index contributed by atoms with van der Waals surface area (Å²) in [6.45, 7) is 0.328. The van der Waals surface area contributed by atoms with Gasteiger partial charge in [-0.25, -0.2) is 4.79 Å². The second-order valence-corrected chi connectivity index (χ2v) is 7.72. The second-order valence-electron chi connectivity index (χ2n) is 7.72. The first-order chi connectivity index (χ1) is 16.2. The first-order valence-corrected chi connectivity index (χ1v) is 10.8. The quantitative estimate of drug-likeness (QED) is 0.324. The van der Waals surface area contributed by atoms with Gasteiger partial charge in [-0.2, -0.15) is 0 Å². The Hall–Kier alpha value is -4.18. The Morgan fingerprint density at radius 1 is 0.667 bits per heavy atom. The van der Waals surface area contributed by atoms with Crippen LogP contribution in [0.3, 0.4) is 0 Å². The highest BCUT2D eigenvalue weighted by molar-refractivity contribution is 5.96. The van der Waals surface area contributed by atoms with Crippen LogP contribution in [0.2, 0.25) is 0 Å². The Morgan fingerprint density at radius 3 is 1.48 bits per heavy atom. The molecule has 0 aliphatic rings. The van der Waals surface area contributed by atoms with E-state index < -0.39 is 5.41 Å². The van der Waals surface area contributed by atoms with Crippen molar-refractivity contribution >= 4 is 11.9 Å². The molecule has 0 radical (unpaired) electrons. The van der Waals surface area contributed by atoms with Gasteiger partial charge in [0.15, 0.2) is 0 Å². The van der Waals surface area contributed by atoms with Gasteiger partial charge in [-0.05, 0) is 34.4 Å². The van der Waals surface area contributed by atoms with Crippen LogP contribution in [0.25, 0.3) is 0 Å². The zero-order valence-corrected chi connectivity index (χ0v) is 18.4. The smallest absolute Gasteiger partial charge is 0.337 e. The number of nitrogens with one attached hydrogen (secondary N) is 1. The molecule has 0 bridgehead atoms. The zero-order chi connectivity index (χ0) is 23.1. The summed E-state index contributed by atoms with van der Waals surface area (Å²) in [6.07, 6.45) is 0. The summed E-state index contributed by atoms with van der Waals surface area (Å²) in [4.78, 5) is 25.8. The van der Waals surface area contributed by atoms with Gasteiger partial charge in [-0.1, -0.05) is 103 Å². The maximum Gasteiger partial charge on any atom is 0.337 e. The van der Waals surface area contributed by atoms with E-state index >= 15 is 0 Å². The van der Waals surface area contributed by atoms with Gasteiger partial charge in [0, 0.05) is 6.54 Å². The van der Waals surface area contributed by atoms with Crippen molar-refractivity contribution < 1.29 is 14.3 Å². The van der Waals surface area contributed by atoms with Crippen LogP contribution in [0.1, 0.15) is 32.6 Å². The number of carbonyl (C=O) groups excluding carboxylic acids is 2. The second kappa shape index (κ2) is 9.96. The Bertz CT molecular complexity index is 1110. The molecule has 1 amide bonds. The van der Waals surface area contributed by atoms with Gasteiger partial charge in [0.05, 0.1) is 12.7 Å². The van der Waals surface area contributed by atoms with E-state index in [1.807, 2.05) is 103 Å². The molecule has 0 heterocycles. The maximum atomic E-state index is 14.1. The zero-order valence-electron chi connectivity index (χ0n) is 18.4. The van der Waals surface area contributed by atoms with E-state index in [0.717, 1.165) is 22.3 Å². The lowest BCUT2D eigenvalue weighted by atomic mass is 9.68. The highest BCUT2D eigenvalue weighted by atomic mass is 16.5. The number of methoxy groups -OCH3 is 1. The van der Waals surface area contributed by atoms with Gasteiger partial charge < -0.3 is 10.1 Å². The topological polar surface area (TPSA) is 55.4 Å². The van der Waals surface area contributed by atoms with Crippen molar-refractivity contribution in [3.8, 4) is 0 Å². The Balaban J connectivity index is 1.75. The first kappa shape index (κ1) is 22.0. The molecule has 0 aliphatic heterocycles. The third-order valence-electron chi connectivity index (χ3n) is 5.79. The normalized spacial score (nSPS) is 10.9. The molecule has 0 spiro atoms. The lowest BCUT2D eigenvalue weighted by molar-refractivity contribution is -0.124. The summed E-state index contributed by atoms with van der Waals surface area (Å²) in [7, 11) is 1.35. The lowest BCUT2D eigenvalue weighted by Gasteiger charge is -2.34. The summed E-state index contributed by atoms with van der Waals surface area (Å²) in [5.74, 6) is -0.509. The Kier molecular flexibility index (Phi) is 6.65. The van der Waals surface area contributed by atoms with Crippen molar-refractivity contribution in [2.45, 2.75) is 12.0 Å². The van der Waals surface area contributed by atoms with Gasteiger partial charge in [0.2, 0.25) is 5.91 Å². The van der Waals surface area contributed by atoms with Gasteiger partial charge in [0.1, 0.15) is 5.41 Å². The molecule has 4 nitrogen and oxygen atoms in total. The van der Waals surface area contributed by atoms with Crippen molar-refractivity contribution in [2.24, 2.45) is 0 Å². The summed E-state index contributed by atoms with van der Waals surface area (Å²) in [5, 5.41) is 3.14. The number of rotatable bonds is 7. The number of hydrogen-bond acceptors (Lipinski definition) is 3. The SMILES string of the molecule is COC(=O)c1ccc(CNC(=O)C(c2ccccc2)(c2ccccc2)c2ccccc2)cc1. The van der Waals surface area contributed by atoms with E-state index in [4.69, 9.17) is 4.74 Å². The number of esters is 1. The molecule has 0 saturated carbocycles. The monoisotopic (exact) mass is 435 g/mol. The number of carbonyl (C=O) groups is 2. The van der Waals surface area contributed by atoms with Crippen LogP contribution in [-0.4, -0.2) is 19.0 Å². The van der Waals surface area contributed by atoms with E-state index in [2.05, 4.69) is 5.32 Å². The summed E-state index contributed by atoms with van der Waals surface area (Å²) < 4.78 is 4.76. The first-order valence-electron chi connectivity index (χ1n) is 10.8. The molecule has 4 aromatic carbocycles. The summed E-state index contributed by atoms with van der Waals surface area (Å²) >= 11 is 0. The highest BCUT2D eigenvalue weighted by Crippen LogP contribution is 2.39. The van der Waals surface area contributed by atoms with Gasteiger partial charge in [-0.3, -0.25) is 4.79 Å². The average molecular weight is 436 g/mol. The maximum absolute atomic E-state index is 14.1. The molecule has 4 aromatic rings. The van der Waals surface area contributed by atoms with Crippen LogP contribution in [0.5, 0.6) is 0 Å². The van der Waals surface area contributed by atoms with Gasteiger partial charge in [-0.15, -0.1) is 0 Å². The molecule has 4 heteroatoms. The predicted molar refractivity (Wildman–Crippen MR) is 129 cm³/mol. The summed E-state index contributed by atoms with van der Waals surface area (Å²) in [5.41, 5.74) is 3.01. The molecule has 0 aromatic heterocycles. The third-order valence-corrected chi connectivity index (χ3v) is 5.79. The molecule has 1 N–H and O–H groups in total. The molecule has 0 saturated heterocycles. The Labute approximate surface area is 193 Å². The van der Waals surface area contributed by atoms with Crippen LogP contribution < -0.4 is 5.32 Å². The van der Waals surface area contributed by atoms with Gasteiger partial charge >= 0.3 is 5.97 Å². The highest BCUT2D eigenvalue weighted by Gasteiger charge is 2.43. The van der Waals surface area contributed by atoms with Crippen molar-refractivity contribution in [2.75, 3.05) is 7.11 Å². The largest absolute Gasteiger partial charge is 0.465 e. The molecule has 164 valence electrons. The standard InChI is InChI=1S/C29H25NO3/c1-33-27(31)23-19-17-22(18-20-23)21-30-28(32)29(24-11-5-2-6-12-24,25-13-7-3-8-14-25)26-15-9-4-10-16-26/h2-20H,21H2,1H3,(H,30,32). The van der Waals surface area contributed by atoms with Gasteiger partial charge in [0.25, 0.3) is 0 Å². The molecule has 33 heavy (non-hydrogen) atoms. The van der Waals surface area contributed by atoms with Crippen molar-refractivity contribution in [1.82, 2.24) is 5.32 Å². The van der Waals surface area contributed by atoms with E-state index in [1.54, 1.807) is 12.1 Å². The molecule has 0 atom stereocenters. The van der Waals surface area contributed by atoms with Crippen LogP contribution in [0.4, 0.5) is 0 Å². The lowest BCUT2D eigenvalue weighted by Crippen LogP contribution is -2.46. The fourth-order valence-corrected chi connectivity index (χ4v) is 4.15. The minimum atomic E-state index is -1.02.